The van der Waals surface area contributed by atoms with Gasteiger partial charge in [-0.2, -0.15) is 0 Å². The van der Waals surface area contributed by atoms with Crippen LogP contribution in [0.2, 0.25) is 0 Å². The number of hydrogen-bond acceptors (Lipinski definition) is 1. The molecule has 0 saturated heterocycles. The lowest BCUT2D eigenvalue weighted by molar-refractivity contribution is 0.500. The Morgan fingerprint density at radius 3 is 2.50 bits per heavy atom. The van der Waals surface area contributed by atoms with Crippen molar-refractivity contribution in [2.24, 2.45) is 0 Å². The van der Waals surface area contributed by atoms with Crippen molar-refractivity contribution >= 4 is 0 Å². The summed E-state index contributed by atoms with van der Waals surface area (Å²) >= 11 is 0. The van der Waals surface area contributed by atoms with Crippen LogP contribution < -0.4 is 5.32 Å². The zero-order valence-corrected chi connectivity index (χ0v) is 11.6. The molecule has 1 nitrogen and oxygen atoms in total. The second-order valence-electron chi connectivity index (χ2n) is 4.95. The molecule has 0 aliphatic carbocycles. The van der Waals surface area contributed by atoms with Gasteiger partial charge in [-0.25, -0.2) is 8.78 Å². The third kappa shape index (κ3) is 4.14. The first kappa shape index (κ1) is 14.7. The standard InChI is InChI=1S/C17H19F2N/c1-20-16(9-7-13-5-3-2-4-6-13)12-14-11-15(18)8-10-17(14)19/h2-6,8,10-11,16,20H,7,9,12H2,1H3. The third-order valence-corrected chi connectivity index (χ3v) is 3.51. The molecule has 20 heavy (non-hydrogen) atoms. The zero-order chi connectivity index (χ0) is 14.4. The Bertz CT molecular complexity index is 540. The zero-order valence-electron chi connectivity index (χ0n) is 11.6. The van der Waals surface area contributed by atoms with Gasteiger partial charge < -0.3 is 5.32 Å². The summed E-state index contributed by atoms with van der Waals surface area (Å²) in [5, 5.41) is 3.18. The molecule has 0 radical (unpaired) electrons. The first-order valence-corrected chi connectivity index (χ1v) is 6.84. The van der Waals surface area contributed by atoms with Crippen molar-refractivity contribution in [1.82, 2.24) is 5.32 Å². The van der Waals surface area contributed by atoms with Gasteiger partial charge in [0, 0.05) is 6.04 Å². The second kappa shape index (κ2) is 7.15. The fraction of sp³-hybridized carbons (Fsp3) is 0.294. The first-order chi connectivity index (χ1) is 9.69. The predicted octanol–water partition coefficient (Wildman–Crippen LogP) is 3.73. The van der Waals surface area contributed by atoms with Gasteiger partial charge in [-0.3, -0.25) is 0 Å². The van der Waals surface area contributed by atoms with E-state index in [0.717, 1.165) is 18.9 Å². The third-order valence-electron chi connectivity index (χ3n) is 3.51. The average molecular weight is 275 g/mol. The van der Waals surface area contributed by atoms with Crippen LogP contribution in [-0.4, -0.2) is 13.1 Å². The fourth-order valence-corrected chi connectivity index (χ4v) is 2.30. The first-order valence-electron chi connectivity index (χ1n) is 6.84. The Balaban J connectivity index is 1.97. The van der Waals surface area contributed by atoms with Gasteiger partial charge in [0.05, 0.1) is 0 Å². The highest BCUT2D eigenvalue weighted by Gasteiger charge is 2.11. The monoisotopic (exact) mass is 275 g/mol. The molecule has 2 aromatic carbocycles. The minimum Gasteiger partial charge on any atom is -0.317 e. The molecule has 3 heteroatoms. The number of hydrogen-bond donors (Lipinski definition) is 1. The molecule has 0 bridgehead atoms. The molecule has 1 unspecified atom stereocenters. The van der Waals surface area contributed by atoms with Crippen molar-refractivity contribution in [1.29, 1.82) is 0 Å². The van der Waals surface area contributed by atoms with Gasteiger partial charge >= 0.3 is 0 Å². The smallest absolute Gasteiger partial charge is 0.126 e. The molecule has 0 amide bonds. The number of likely N-dealkylation sites (N-methyl/N-ethyl adjacent to an activating group) is 1. The van der Waals surface area contributed by atoms with Crippen molar-refractivity contribution in [2.75, 3.05) is 7.05 Å². The SMILES string of the molecule is CNC(CCc1ccccc1)Cc1cc(F)ccc1F. The highest BCUT2D eigenvalue weighted by molar-refractivity contribution is 5.20. The fourth-order valence-electron chi connectivity index (χ4n) is 2.30. The number of nitrogens with one attached hydrogen (secondary N) is 1. The summed E-state index contributed by atoms with van der Waals surface area (Å²) in [4.78, 5) is 0. The number of rotatable bonds is 6. The summed E-state index contributed by atoms with van der Waals surface area (Å²) < 4.78 is 26.8. The molecule has 1 atom stereocenters. The quantitative estimate of drug-likeness (QED) is 0.847. The molecule has 0 heterocycles. The molecule has 0 aliphatic heterocycles. The maximum Gasteiger partial charge on any atom is 0.126 e. The Morgan fingerprint density at radius 1 is 1.05 bits per heavy atom. The lowest BCUT2D eigenvalue weighted by Gasteiger charge is -2.16. The van der Waals surface area contributed by atoms with Gasteiger partial charge in [0.25, 0.3) is 0 Å². The van der Waals surface area contributed by atoms with E-state index in [1.807, 2.05) is 25.2 Å². The maximum absolute atomic E-state index is 13.6. The summed E-state index contributed by atoms with van der Waals surface area (Å²) in [6.07, 6.45) is 2.30. The van der Waals surface area contributed by atoms with E-state index in [2.05, 4.69) is 17.4 Å². The highest BCUT2D eigenvalue weighted by atomic mass is 19.1. The summed E-state index contributed by atoms with van der Waals surface area (Å²) in [5.41, 5.74) is 1.69. The van der Waals surface area contributed by atoms with Gasteiger partial charge in [0.15, 0.2) is 0 Å². The summed E-state index contributed by atoms with van der Waals surface area (Å²) in [6, 6.07) is 13.9. The Hall–Kier alpha value is -1.74. The van der Waals surface area contributed by atoms with Crippen LogP contribution in [0.1, 0.15) is 17.5 Å². The van der Waals surface area contributed by atoms with E-state index < -0.39 is 0 Å². The van der Waals surface area contributed by atoms with E-state index >= 15 is 0 Å². The Morgan fingerprint density at radius 2 is 1.80 bits per heavy atom. The van der Waals surface area contributed by atoms with Crippen molar-refractivity contribution in [3.05, 3.63) is 71.3 Å². The van der Waals surface area contributed by atoms with Gasteiger partial charge in [0.2, 0.25) is 0 Å². The molecule has 0 aliphatic rings. The average Bonchev–Trinajstić information content (AvgIpc) is 2.48. The summed E-state index contributed by atoms with van der Waals surface area (Å²) in [6.45, 7) is 0. The highest BCUT2D eigenvalue weighted by Crippen LogP contribution is 2.14. The molecular formula is C17H19F2N. The lowest BCUT2D eigenvalue weighted by Crippen LogP contribution is -2.28. The number of halogens is 2. The minimum atomic E-state index is -0.390. The van der Waals surface area contributed by atoms with E-state index in [1.54, 1.807) is 0 Å². The van der Waals surface area contributed by atoms with Gasteiger partial charge in [-0.1, -0.05) is 30.3 Å². The van der Waals surface area contributed by atoms with E-state index in [-0.39, 0.29) is 17.7 Å². The predicted molar refractivity (Wildman–Crippen MR) is 77.7 cm³/mol. The molecule has 0 spiro atoms. The van der Waals surface area contributed by atoms with Crippen molar-refractivity contribution in [2.45, 2.75) is 25.3 Å². The normalized spacial score (nSPS) is 12.3. The van der Waals surface area contributed by atoms with Gasteiger partial charge in [0.1, 0.15) is 11.6 Å². The van der Waals surface area contributed by atoms with Crippen LogP contribution in [0.4, 0.5) is 8.78 Å². The molecule has 2 aromatic rings. The molecule has 0 aromatic heterocycles. The molecule has 106 valence electrons. The van der Waals surface area contributed by atoms with Crippen LogP contribution in [0, 0.1) is 11.6 Å². The molecule has 0 saturated carbocycles. The van der Waals surface area contributed by atoms with E-state index in [0.29, 0.717) is 12.0 Å². The van der Waals surface area contributed by atoms with Crippen LogP contribution in [0.25, 0.3) is 0 Å². The summed E-state index contributed by atoms with van der Waals surface area (Å²) in [5.74, 6) is -0.731. The van der Waals surface area contributed by atoms with Gasteiger partial charge in [-0.15, -0.1) is 0 Å². The number of aryl methyl sites for hydroxylation is 1. The van der Waals surface area contributed by atoms with E-state index in [4.69, 9.17) is 0 Å². The molecule has 1 N–H and O–H groups in total. The van der Waals surface area contributed by atoms with Crippen LogP contribution in [0.3, 0.4) is 0 Å². The topological polar surface area (TPSA) is 12.0 Å². The van der Waals surface area contributed by atoms with Crippen LogP contribution in [0.5, 0.6) is 0 Å². The van der Waals surface area contributed by atoms with Crippen LogP contribution in [-0.2, 0) is 12.8 Å². The summed E-state index contributed by atoms with van der Waals surface area (Å²) in [7, 11) is 1.85. The molecule has 2 rings (SSSR count). The Labute approximate surface area is 118 Å². The Kier molecular flexibility index (Phi) is 5.24. The lowest BCUT2D eigenvalue weighted by atomic mass is 9.99. The van der Waals surface area contributed by atoms with Crippen molar-refractivity contribution < 1.29 is 8.78 Å². The largest absolute Gasteiger partial charge is 0.317 e. The van der Waals surface area contributed by atoms with E-state index in [9.17, 15) is 8.78 Å². The number of benzene rings is 2. The molecular weight excluding hydrogens is 256 g/mol. The van der Waals surface area contributed by atoms with Crippen LogP contribution >= 0.6 is 0 Å². The van der Waals surface area contributed by atoms with Crippen molar-refractivity contribution in [3.63, 3.8) is 0 Å². The second-order valence-corrected chi connectivity index (χ2v) is 4.95. The van der Waals surface area contributed by atoms with Gasteiger partial charge in [-0.05, 0) is 55.6 Å². The van der Waals surface area contributed by atoms with Crippen molar-refractivity contribution in [3.8, 4) is 0 Å². The molecule has 0 fully saturated rings. The van der Waals surface area contributed by atoms with E-state index in [1.165, 1.54) is 17.7 Å². The maximum atomic E-state index is 13.6. The van der Waals surface area contributed by atoms with Crippen LogP contribution in [0.15, 0.2) is 48.5 Å². The minimum absolute atomic E-state index is 0.131.